The van der Waals surface area contributed by atoms with E-state index in [1.54, 1.807) is 12.4 Å². The van der Waals surface area contributed by atoms with E-state index in [9.17, 15) is 9.90 Å². The number of aliphatic hydroxyl groups is 1. The first kappa shape index (κ1) is 24.1. The van der Waals surface area contributed by atoms with E-state index in [0.717, 1.165) is 62.6 Å². The number of oxime groups is 1. The summed E-state index contributed by atoms with van der Waals surface area (Å²) in [6, 6.07) is 3.77. The van der Waals surface area contributed by atoms with E-state index in [1.165, 1.54) is 5.57 Å². The van der Waals surface area contributed by atoms with Crippen LogP contribution in [0.25, 0.3) is 0 Å². The van der Waals surface area contributed by atoms with Crippen LogP contribution < -0.4 is 5.32 Å². The van der Waals surface area contributed by atoms with Gasteiger partial charge in [-0.2, -0.15) is 0 Å². The average molecular weight is 476 g/mol. The van der Waals surface area contributed by atoms with Crippen molar-refractivity contribution in [3.05, 3.63) is 41.7 Å². The quantitative estimate of drug-likeness (QED) is 0.488. The predicted molar refractivity (Wildman–Crippen MR) is 135 cm³/mol. The molecular weight excluding hydrogens is 438 g/mol. The van der Waals surface area contributed by atoms with Crippen LogP contribution in [-0.4, -0.2) is 33.9 Å². The van der Waals surface area contributed by atoms with E-state index in [4.69, 9.17) is 11.3 Å². The lowest BCUT2D eigenvalue weighted by Crippen LogP contribution is -2.54. The minimum absolute atomic E-state index is 0.0900. The highest BCUT2D eigenvalue weighted by molar-refractivity contribution is 5.96. The molecule has 0 saturated heterocycles. The van der Waals surface area contributed by atoms with Gasteiger partial charge in [-0.3, -0.25) is 9.78 Å². The second-order valence-electron chi connectivity index (χ2n) is 11.5. The lowest BCUT2D eigenvalue weighted by molar-refractivity contribution is -0.125. The zero-order chi connectivity index (χ0) is 24.7. The largest absolute Gasteiger partial charge is 0.385 e. The van der Waals surface area contributed by atoms with Crippen molar-refractivity contribution in [1.29, 1.82) is 0 Å². The molecule has 0 radical (unpaired) electrons. The van der Waals surface area contributed by atoms with E-state index in [1.807, 2.05) is 12.1 Å². The van der Waals surface area contributed by atoms with Gasteiger partial charge >= 0.3 is 0 Å². The molecular formula is C29H37N3O3. The van der Waals surface area contributed by atoms with E-state index in [2.05, 4.69) is 41.3 Å². The number of carbonyl (C=O) groups excluding carboxylic acids is 1. The number of nitrogens with one attached hydrogen (secondary N) is 1. The SMILES string of the molecule is C#CC1(O)CCC2C3CCC4=CC(=NOCC(=O)NCc5cccnc5)CCC4(C)C3CCC21C. The Morgan fingerprint density at radius 1 is 1.26 bits per heavy atom. The topological polar surface area (TPSA) is 83.8 Å². The van der Waals surface area contributed by atoms with E-state index >= 15 is 0 Å². The summed E-state index contributed by atoms with van der Waals surface area (Å²) in [7, 11) is 0. The van der Waals surface area contributed by atoms with Gasteiger partial charge in [0.05, 0.1) is 5.71 Å². The Labute approximate surface area is 208 Å². The highest BCUT2D eigenvalue weighted by Crippen LogP contribution is 2.67. The summed E-state index contributed by atoms with van der Waals surface area (Å²) in [5.74, 6) is 4.33. The number of hydrogen-bond acceptors (Lipinski definition) is 5. The molecule has 0 aromatic carbocycles. The van der Waals surface area contributed by atoms with Crippen LogP contribution in [0.4, 0.5) is 0 Å². The summed E-state index contributed by atoms with van der Waals surface area (Å²) in [6.45, 7) is 5.01. The summed E-state index contributed by atoms with van der Waals surface area (Å²) in [5.41, 5.74) is 2.41. The highest BCUT2D eigenvalue weighted by atomic mass is 16.6. The summed E-state index contributed by atoms with van der Waals surface area (Å²) in [4.78, 5) is 21.6. The first-order valence-electron chi connectivity index (χ1n) is 13.0. The first-order valence-corrected chi connectivity index (χ1v) is 13.0. The molecule has 4 aliphatic carbocycles. The molecule has 1 aromatic heterocycles. The molecule has 0 aliphatic heterocycles. The second-order valence-corrected chi connectivity index (χ2v) is 11.5. The fourth-order valence-electron chi connectivity index (χ4n) is 7.82. The highest BCUT2D eigenvalue weighted by Gasteiger charge is 2.63. The Hall–Kier alpha value is -2.65. The normalized spacial score (nSPS) is 39.0. The summed E-state index contributed by atoms with van der Waals surface area (Å²) >= 11 is 0. The maximum atomic E-state index is 12.1. The number of fused-ring (bicyclic) bond motifs is 5. The van der Waals surface area contributed by atoms with Gasteiger partial charge in [0.25, 0.3) is 5.91 Å². The second kappa shape index (κ2) is 9.09. The van der Waals surface area contributed by atoms with Crippen molar-refractivity contribution in [2.24, 2.45) is 33.7 Å². The third kappa shape index (κ3) is 4.08. The number of rotatable bonds is 5. The van der Waals surface area contributed by atoms with Gasteiger partial charge in [-0.15, -0.1) is 6.42 Å². The molecule has 1 amide bonds. The molecule has 6 heteroatoms. The molecule has 6 atom stereocenters. The molecule has 5 rings (SSSR count). The zero-order valence-corrected chi connectivity index (χ0v) is 20.9. The molecule has 35 heavy (non-hydrogen) atoms. The third-order valence-electron chi connectivity index (χ3n) is 9.96. The predicted octanol–water partition coefficient (Wildman–Crippen LogP) is 4.40. The van der Waals surface area contributed by atoms with Crippen molar-refractivity contribution >= 4 is 11.6 Å². The Bertz CT molecular complexity index is 1080. The van der Waals surface area contributed by atoms with Crippen LogP contribution in [0.2, 0.25) is 0 Å². The van der Waals surface area contributed by atoms with Gasteiger partial charge in [0.1, 0.15) is 5.60 Å². The Balaban J connectivity index is 1.21. The molecule has 0 spiro atoms. The molecule has 6 nitrogen and oxygen atoms in total. The molecule has 1 heterocycles. The average Bonchev–Trinajstić information content (AvgIpc) is 3.14. The Morgan fingerprint density at radius 3 is 2.86 bits per heavy atom. The number of terminal acetylenes is 1. The van der Waals surface area contributed by atoms with Crippen molar-refractivity contribution in [2.45, 2.75) is 77.4 Å². The molecule has 4 aliphatic rings. The fraction of sp³-hybridized carbons (Fsp3) is 0.621. The minimum atomic E-state index is -0.951. The van der Waals surface area contributed by atoms with Crippen LogP contribution >= 0.6 is 0 Å². The number of amides is 1. The first-order chi connectivity index (χ1) is 16.8. The third-order valence-corrected chi connectivity index (χ3v) is 9.96. The summed E-state index contributed by atoms with van der Waals surface area (Å²) in [6.07, 6.45) is 19.5. The smallest absolute Gasteiger partial charge is 0.261 e. The monoisotopic (exact) mass is 475 g/mol. The van der Waals surface area contributed by atoms with Gasteiger partial charge in [-0.05, 0) is 92.2 Å². The molecule has 3 saturated carbocycles. The van der Waals surface area contributed by atoms with Gasteiger partial charge in [-0.25, -0.2) is 0 Å². The number of carbonyl (C=O) groups is 1. The van der Waals surface area contributed by atoms with Gasteiger partial charge in [0.15, 0.2) is 6.61 Å². The minimum Gasteiger partial charge on any atom is -0.385 e. The van der Waals surface area contributed by atoms with E-state index < -0.39 is 5.60 Å². The lowest BCUT2D eigenvalue weighted by Gasteiger charge is -2.58. The molecule has 186 valence electrons. The molecule has 1 aromatic rings. The maximum Gasteiger partial charge on any atom is 0.261 e. The lowest BCUT2D eigenvalue weighted by atomic mass is 9.46. The van der Waals surface area contributed by atoms with Gasteiger partial charge in [0.2, 0.25) is 0 Å². The van der Waals surface area contributed by atoms with Gasteiger partial charge in [0, 0.05) is 24.4 Å². The van der Waals surface area contributed by atoms with Gasteiger partial charge < -0.3 is 15.3 Å². The van der Waals surface area contributed by atoms with E-state index in [0.29, 0.717) is 24.3 Å². The van der Waals surface area contributed by atoms with Crippen LogP contribution in [0, 0.1) is 40.9 Å². The van der Waals surface area contributed by atoms with Crippen LogP contribution in [0.5, 0.6) is 0 Å². The molecule has 0 bridgehead atoms. The number of pyridine rings is 1. The Morgan fingerprint density at radius 2 is 2.09 bits per heavy atom. The summed E-state index contributed by atoms with van der Waals surface area (Å²) < 4.78 is 0. The maximum absolute atomic E-state index is 12.1. The standard InChI is InChI=1S/C29H37N3O3/c1-4-29(34)14-11-25-23-8-7-21-16-22(9-12-27(21,2)24(23)10-13-28(25,29)3)32-35-19-26(33)31-18-20-6-5-15-30-17-20/h1,5-6,15-17,23-25,34H,7-14,18-19H2,2-3H3,(H,31,33). The van der Waals surface area contributed by atoms with Crippen molar-refractivity contribution in [3.63, 3.8) is 0 Å². The Kier molecular flexibility index (Phi) is 6.25. The number of allylic oxidation sites excluding steroid dienone is 2. The van der Waals surface area contributed by atoms with Crippen molar-refractivity contribution in [1.82, 2.24) is 10.3 Å². The van der Waals surface area contributed by atoms with Crippen LogP contribution in [0.15, 0.2) is 41.3 Å². The molecule has 2 N–H and O–H groups in total. The fourth-order valence-corrected chi connectivity index (χ4v) is 7.82. The van der Waals surface area contributed by atoms with Crippen molar-refractivity contribution < 1.29 is 14.7 Å². The molecule has 6 unspecified atom stereocenters. The molecule has 3 fully saturated rings. The number of aromatic nitrogens is 1. The van der Waals surface area contributed by atoms with Crippen LogP contribution in [0.1, 0.15) is 70.8 Å². The summed E-state index contributed by atoms with van der Waals surface area (Å²) in [5, 5.41) is 18.3. The van der Waals surface area contributed by atoms with E-state index in [-0.39, 0.29) is 23.3 Å². The van der Waals surface area contributed by atoms with Crippen molar-refractivity contribution in [2.75, 3.05) is 6.61 Å². The number of hydrogen-bond donors (Lipinski definition) is 2. The van der Waals surface area contributed by atoms with Gasteiger partial charge in [-0.1, -0.05) is 36.6 Å². The van der Waals surface area contributed by atoms with Crippen molar-refractivity contribution in [3.8, 4) is 12.3 Å². The van der Waals surface area contributed by atoms with Crippen LogP contribution in [-0.2, 0) is 16.2 Å². The zero-order valence-electron chi connectivity index (χ0n) is 20.9. The number of nitrogens with zero attached hydrogens (tertiary/aromatic N) is 2. The van der Waals surface area contributed by atoms with Crippen LogP contribution in [0.3, 0.4) is 0 Å².